The van der Waals surface area contributed by atoms with Crippen LogP contribution in [-0.2, 0) is 6.18 Å². The molecule has 0 saturated carbocycles. The maximum atomic E-state index is 14.3. The van der Waals surface area contributed by atoms with Gasteiger partial charge in [-0.1, -0.05) is 12.1 Å². The molecule has 1 unspecified atom stereocenters. The summed E-state index contributed by atoms with van der Waals surface area (Å²) < 4.78 is 44.5. The Bertz CT molecular complexity index is 1780. The minimum absolute atomic E-state index is 0.169. The van der Waals surface area contributed by atoms with Crippen molar-refractivity contribution < 1.29 is 28.2 Å². The van der Waals surface area contributed by atoms with Gasteiger partial charge >= 0.3 is 12.2 Å². The van der Waals surface area contributed by atoms with Crippen LogP contribution in [0.4, 0.5) is 46.5 Å². The molecule has 2 aromatic heterocycles. The van der Waals surface area contributed by atoms with Crippen LogP contribution in [0.2, 0.25) is 0 Å². The summed E-state index contributed by atoms with van der Waals surface area (Å²) in [7, 11) is 1.72. The largest absolute Gasteiger partial charge is 0.418 e. The van der Waals surface area contributed by atoms with Gasteiger partial charge in [0.2, 0.25) is 0 Å². The number of anilines is 5. The number of aliphatic hydroxyl groups is 2. The van der Waals surface area contributed by atoms with Gasteiger partial charge in [-0.25, -0.2) is 19.7 Å². The van der Waals surface area contributed by atoms with E-state index in [1.54, 1.807) is 66.5 Å². The number of carbonyl (C=O) groups excluding carboxylic acids is 1. The van der Waals surface area contributed by atoms with Crippen molar-refractivity contribution in [2.45, 2.75) is 12.3 Å². The lowest BCUT2D eigenvalue weighted by molar-refractivity contribution is -0.136. The maximum absolute atomic E-state index is 14.3. The molecule has 5 rings (SSSR count). The molecule has 5 aromatic rings. The van der Waals surface area contributed by atoms with Crippen LogP contribution in [0.5, 0.6) is 0 Å². The minimum atomic E-state index is -4.82. The molecule has 8 N–H and O–H groups in total. The molecule has 0 bridgehead atoms. The number of imidazole rings is 1. The van der Waals surface area contributed by atoms with E-state index in [2.05, 4.69) is 36.2 Å². The highest BCUT2D eigenvalue weighted by molar-refractivity contribution is 6.03. The molecule has 15 heteroatoms. The SMILES string of the molecule is CNc1ncnc2c1ncn2-c1ccc(NC(=O)Nc2cc(-c3ccc(N)cc3)cc(C(F)(F)F)c2NCC(O)CO)cc1. The van der Waals surface area contributed by atoms with E-state index in [0.717, 1.165) is 6.07 Å². The summed E-state index contributed by atoms with van der Waals surface area (Å²) in [6, 6.07) is 14.4. The molecule has 228 valence electrons. The molecule has 44 heavy (non-hydrogen) atoms. The van der Waals surface area contributed by atoms with Gasteiger partial charge in [-0.15, -0.1) is 0 Å². The van der Waals surface area contributed by atoms with E-state index in [-0.39, 0.29) is 11.3 Å². The summed E-state index contributed by atoms with van der Waals surface area (Å²) in [4.78, 5) is 25.8. The predicted molar refractivity (Wildman–Crippen MR) is 162 cm³/mol. The second kappa shape index (κ2) is 12.4. The van der Waals surface area contributed by atoms with Crippen LogP contribution >= 0.6 is 0 Å². The van der Waals surface area contributed by atoms with Crippen LogP contribution in [-0.4, -0.2) is 62.1 Å². The van der Waals surface area contributed by atoms with Gasteiger partial charge in [0.25, 0.3) is 0 Å². The number of alkyl halides is 3. The van der Waals surface area contributed by atoms with Crippen LogP contribution < -0.4 is 27.0 Å². The zero-order valence-electron chi connectivity index (χ0n) is 23.2. The number of fused-ring (bicyclic) bond motifs is 1. The van der Waals surface area contributed by atoms with Crippen LogP contribution in [0, 0.1) is 0 Å². The first-order valence-electron chi connectivity index (χ1n) is 13.3. The van der Waals surface area contributed by atoms with Crippen LogP contribution in [0.25, 0.3) is 28.0 Å². The molecule has 0 aliphatic rings. The maximum Gasteiger partial charge on any atom is 0.418 e. The zero-order chi connectivity index (χ0) is 31.4. The van der Waals surface area contributed by atoms with E-state index < -0.39 is 42.7 Å². The van der Waals surface area contributed by atoms with E-state index >= 15 is 0 Å². The van der Waals surface area contributed by atoms with Gasteiger partial charge in [0.1, 0.15) is 12.7 Å². The smallest absolute Gasteiger partial charge is 0.399 e. The molecule has 0 spiro atoms. The molecule has 2 heterocycles. The zero-order valence-corrected chi connectivity index (χ0v) is 23.2. The number of hydrogen-bond donors (Lipinski definition) is 7. The summed E-state index contributed by atoms with van der Waals surface area (Å²) in [6.07, 6.45) is -3.16. The Labute approximate surface area is 248 Å². The summed E-state index contributed by atoms with van der Waals surface area (Å²) in [5, 5.41) is 29.6. The van der Waals surface area contributed by atoms with Crippen molar-refractivity contribution in [1.82, 2.24) is 19.5 Å². The van der Waals surface area contributed by atoms with Crippen molar-refractivity contribution in [2.75, 3.05) is 47.2 Å². The van der Waals surface area contributed by atoms with Gasteiger partial charge < -0.3 is 37.2 Å². The van der Waals surface area contributed by atoms with Crippen molar-refractivity contribution >= 4 is 45.8 Å². The first kappa shape index (κ1) is 30.1. The van der Waals surface area contributed by atoms with E-state index in [1.807, 2.05) is 0 Å². The van der Waals surface area contributed by atoms with Crippen LogP contribution in [0.3, 0.4) is 0 Å². The van der Waals surface area contributed by atoms with Gasteiger partial charge in [-0.05, 0) is 59.7 Å². The molecular formula is C29H28F3N9O3. The van der Waals surface area contributed by atoms with E-state index in [0.29, 0.717) is 39.6 Å². The number of halogens is 3. The number of urea groups is 1. The lowest BCUT2D eigenvalue weighted by Gasteiger charge is -2.22. The van der Waals surface area contributed by atoms with Crippen LogP contribution in [0.1, 0.15) is 5.56 Å². The third kappa shape index (κ3) is 6.48. The third-order valence-corrected chi connectivity index (χ3v) is 6.63. The first-order chi connectivity index (χ1) is 21.1. The number of nitrogens with zero attached hydrogens (tertiary/aromatic N) is 4. The Kier molecular flexibility index (Phi) is 8.50. The van der Waals surface area contributed by atoms with Gasteiger partial charge in [0.15, 0.2) is 17.0 Å². The average molecular weight is 608 g/mol. The standard InChI is InChI=1S/C29H28F3N9O3/c1-34-26-25-27(37-14-36-26)41(15-38-25)20-8-6-19(7-9-20)39-28(44)40-23-11-17(16-2-4-18(33)5-3-16)10-22(29(30,31)32)24(23)35-12-21(43)13-42/h2-11,14-15,21,35,42-43H,12-13,33H2,1H3,(H,34,36,37)(H2,39,40,44). The van der Waals surface area contributed by atoms with Crippen molar-refractivity contribution in [3.05, 3.63) is 78.9 Å². The molecule has 3 aromatic carbocycles. The Balaban J connectivity index is 1.43. The Morgan fingerprint density at radius 1 is 1.00 bits per heavy atom. The molecule has 2 amide bonds. The van der Waals surface area contributed by atoms with Gasteiger partial charge in [0.05, 0.1) is 29.6 Å². The number of benzene rings is 3. The number of aliphatic hydroxyl groups excluding tert-OH is 2. The highest BCUT2D eigenvalue weighted by atomic mass is 19.4. The summed E-state index contributed by atoms with van der Waals surface area (Å²) in [5.74, 6) is 0.567. The molecule has 0 saturated heterocycles. The fourth-order valence-electron chi connectivity index (χ4n) is 4.48. The van der Waals surface area contributed by atoms with Crippen molar-refractivity contribution in [3.63, 3.8) is 0 Å². The molecule has 0 aliphatic heterocycles. The first-order valence-corrected chi connectivity index (χ1v) is 13.3. The van der Waals surface area contributed by atoms with Crippen molar-refractivity contribution in [2.24, 2.45) is 0 Å². The molecule has 0 aliphatic carbocycles. The van der Waals surface area contributed by atoms with Gasteiger partial charge in [0, 0.05) is 30.7 Å². The summed E-state index contributed by atoms with van der Waals surface area (Å²) in [6.45, 7) is -1.07. The second-order valence-corrected chi connectivity index (χ2v) is 9.67. The third-order valence-electron chi connectivity index (χ3n) is 6.63. The number of nitrogens with one attached hydrogen (secondary N) is 4. The number of aromatic nitrogens is 4. The minimum Gasteiger partial charge on any atom is -0.399 e. The highest BCUT2D eigenvalue weighted by Crippen LogP contribution is 2.42. The number of carbonyl (C=O) groups is 1. The van der Waals surface area contributed by atoms with E-state index in [4.69, 9.17) is 5.73 Å². The normalized spacial score (nSPS) is 12.1. The van der Waals surface area contributed by atoms with Crippen molar-refractivity contribution in [3.8, 4) is 16.8 Å². The Morgan fingerprint density at radius 3 is 2.39 bits per heavy atom. The number of amides is 2. The topological polar surface area (TPSA) is 175 Å². The summed E-state index contributed by atoms with van der Waals surface area (Å²) >= 11 is 0. The molecule has 0 radical (unpaired) electrons. The average Bonchev–Trinajstić information content (AvgIpc) is 3.44. The molecule has 12 nitrogen and oxygen atoms in total. The van der Waals surface area contributed by atoms with Gasteiger partial charge in [-0.3, -0.25) is 4.57 Å². The fourth-order valence-corrected chi connectivity index (χ4v) is 4.48. The monoisotopic (exact) mass is 607 g/mol. The predicted octanol–water partition coefficient (Wildman–Crippen LogP) is 4.53. The molecular weight excluding hydrogens is 579 g/mol. The van der Waals surface area contributed by atoms with Gasteiger partial charge in [-0.2, -0.15) is 13.2 Å². The Hall–Kier alpha value is -5.41. The lowest BCUT2D eigenvalue weighted by Crippen LogP contribution is -2.26. The number of rotatable bonds is 9. The lowest BCUT2D eigenvalue weighted by atomic mass is 9.99. The number of nitrogens with two attached hydrogens (primary N) is 1. The number of nitrogen functional groups attached to an aromatic ring is 1. The number of hydrogen-bond acceptors (Lipinski definition) is 9. The second-order valence-electron chi connectivity index (χ2n) is 9.67. The van der Waals surface area contributed by atoms with Crippen LogP contribution in [0.15, 0.2) is 73.3 Å². The highest BCUT2D eigenvalue weighted by Gasteiger charge is 2.36. The Morgan fingerprint density at radius 2 is 1.73 bits per heavy atom. The molecule has 0 fully saturated rings. The fraction of sp³-hybridized carbons (Fsp3) is 0.172. The molecule has 1 atom stereocenters. The van der Waals surface area contributed by atoms with Crippen molar-refractivity contribution in [1.29, 1.82) is 0 Å². The quantitative estimate of drug-likeness (QED) is 0.119. The van der Waals surface area contributed by atoms with E-state index in [9.17, 15) is 28.2 Å². The summed E-state index contributed by atoms with van der Waals surface area (Å²) in [5.41, 5.74) is 7.23. The van der Waals surface area contributed by atoms with E-state index in [1.165, 1.54) is 12.4 Å².